The second-order valence-corrected chi connectivity index (χ2v) is 13.3. The van der Waals surface area contributed by atoms with Crippen LogP contribution in [0.3, 0.4) is 0 Å². The predicted octanol–water partition coefficient (Wildman–Crippen LogP) is 2.38. The molecule has 1 aromatic carbocycles. The Morgan fingerprint density at radius 1 is 1.00 bits per heavy atom. The summed E-state index contributed by atoms with van der Waals surface area (Å²) in [4.78, 5) is 57.0. The lowest BCUT2D eigenvalue weighted by Gasteiger charge is -2.40. The van der Waals surface area contributed by atoms with Crippen molar-refractivity contribution in [2.24, 2.45) is 17.3 Å². The number of ether oxygens (including phenoxy) is 1. The molecule has 11 heteroatoms. The first-order chi connectivity index (χ1) is 20.5. The van der Waals surface area contributed by atoms with Crippen molar-refractivity contribution in [3.63, 3.8) is 0 Å². The maximum Gasteiger partial charge on any atom is 0.254 e. The minimum absolute atomic E-state index is 0.0322. The van der Waals surface area contributed by atoms with Crippen LogP contribution in [0.4, 0.5) is 0 Å². The zero-order valence-corrected chi connectivity index (χ0v) is 26.0. The highest BCUT2D eigenvalue weighted by Gasteiger charge is 2.38. The summed E-state index contributed by atoms with van der Waals surface area (Å²) in [5, 5.41) is 13.4. The Labute approximate surface area is 255 Å². The number of hydroxylamine groups is 2. The maximum atomic E-state index is 13.8. The molecule has 238 valence electrons. The summed E-state index contributed by atoms with van der Waals surface area (Å²) in [5.74, 6) is -0.570. The Balaban J connectivity index is 1.31. The maximum absolute atomic E-state index is 13.8. The van der Waals surface area contributed by atoms with E-state index in [4.69, 9.17) is 4.74 Å². The molecule has 11 nitrogen and oxygen atoms in total. The number of morpholine rings is 1. The number of piperazine rings is 1. The first-order valence-electron chi connectivity index (χ1n) is 15.7. The van der Waals surface area contributed by atoms with Crippen LogP contribution < -0.4 is 5.32 Å². The number of amides is 4. The number of benzene rings is 1. The molecule has 3 aliphatic rings. The Bertz CT molecular complexity index is 1090. The Morgan fingerprint density at radius 2 is 1.63 bits per heavy atom. The van der Waals surface area contributed by atoms with Crippen LogP contribution in [0.1, 0.15) is 68.8 Å². The van der Waals surface area contributed by atoms with Crippen LogP contribution in [0.5, 0.6) is 0 Å². The van der Waals surface area contributed by atoms with E-state index in [0.29, 0.717) is 81.9 Å². The minimum Gasteiger partial charge on any atom is -0.378 e. The predicted molar refractivity (Wildman–Crippen MR) is 161 cm³/mol. The van der Waals surface area contributed by atoms with Crippen LogP contribution in [0.2, 0.25) is 0 Å². The van der Waals surface area contributed by atoms with Crippen molar-refractivity contribution in [2.75, 3.05) is 59.0 Å². The van der Waals surface area contributed by atoms with Crippen LogP contribution in [0.15, 0.2) is 24.3 Å². The molecular formula is C32H49N5O6. The van der Waals surface area contributed by atoms with Crippen LogP contribution in [0.25, 0.3) is 0 Å². The fourth-order valence-corrected chi connectivity index (χ4v) is 6.36. The zero-order chi connectivity index (χ0) is 31.0. The van der Waals surface area contributed by atoms with Gasteiger partial charge in [-0.15, -0.1) is 0 Å². The second kappa shape index (κ2) is 15.1. The van der Waals surface area contributed by atoms with E-state index in [1.807, 2.05) is 54.8 Å². The van der Waals surface area contributed by atoms with Gasteiger partial charge in [-0.25, -0.2) is 5.06 Å². The van der Waals surface area contributed by atoms with Crippen LogP contribution >= 0.6 is 0 Å². The lowest BCUT2D eigenvalue weighted by Crippen LogP contribution is -2.59. The summed E-state index contributed by atoms with van der Waals surface area (Å²) in [6.45, 7) is 11.4. The molecule has 1 aliphatic carbocycles. The molecule has 2 atom stereocenters. The highest BCUT2D eigenvalue weighted by Crippen LogP contribution is 2.31. The third-order valence-electron chi connectivity index (χ3n) is 8.98. The van der Waals surface area contributed by atoms with Gasteiger partial charge in [0.2, 0.25) is 18.2 Å². The van der Waals surface area contributed by atoms with E-state index < -0.39 is 17.4 Å². The first kappa shape index (κ1) is 32.9. The minimum atomic E-state index is -0.724. The van der Waals surface area contributed by atoms with Gasteiger partial charge in [-0.1, -0.05) is 58.6 Å². The van der Waals surface area contributed by atoms with Gasteiger partial charge in [-0.2, -0.15) is 0 Å². The van der Waals surface area contributed by atoms with E-state index >= 15 is 0 Å². The standard InChI is InChI=1S/C32H49N5O6/c1-32(2,3)28(33-29(39)27(22-37(42)23-38)20-24-6-4-5-7-24)31(41)35-14-12-34(13-15-35)21-25-8-10-26(11-9-25)30(40)36-16-18-43-19-17-36/h8-11,23-24,27-28,42H,4-7,12-22H2,1-3H3,(H,33,39)/t27-,28-/m1/s1. The van der Waals surface area contributed by atoms with E-state index in [2.05, 4.69) is 10.2 Å². The second-order valence-electron chi connectivity index (χ2n) is 13.3. The van der Waals surface area contributed by atoms with E-state index in [9.17, 15) is 24.4 Å². The summed E-state index contributed by atoms with van der Waals surface area (Å²) < 4.78 is 5.34. The van der Waals surface area contributed by atoms with Gasteiger partial charge in [0.05, 0.1) is 25.7 Å². The van der Waals surface area contributed by atoms with Gasteiger partial charge >= 0.3 is 0 Å². The molecule has 0 bridgehead atoms. The molecule has 0 unspecified atom stereocenters. The molecule has 0 radical (unpaired) electrons. The van der Waals surface area contributed by atoms with Crippen molar-refractivity contribution in [3.8, 4) is 0 Å². The van der Waals surface area contributed by atoms with Crippen molar-refractivity contribution in [2.45, 2.75) is 65.5 Å². The molecule has 0 spiro atoms. The SMILES string of the molecule is CC(C)(C)[C@H](NC(=O)[C@H](CC1CCCC1)CN(O)C=O)C(=O)N1CCN(Cc2ccc(C(=O)N3CCOCC3)cc2)CC1. The summed E-state index contributed by atoms with van der Waals surface area (Å²) >= 11 is 0. The van der Waals surface area contributed by atoms with E-state index in [-0.39, 0.29) is 24.3 Å². The van der Waals surface area contributed by atoms with Crippen molar-refractivity contribution in [1.29, 1.82) is 0 Å². The monoisotopic (exact) mass is 599 g/mol. The topological polar surface area (TPSA) is 123 Å². The third kappa shape index (κ3) is 9.23. The molecule has 2 heterocycles. The lowest BCUT2D eigenvalue weighted by molar-refractivity contribution is -0.156. The van der Waals surface area contributed by atoms with E-state index in [1.165, 1.54) is 0 Å². The fourth-order valence-electron chi connectivity index (χ4n) is 6.36. The number of carbonyl (C=O) groups excluding carboxylic acids is 4. The molecule has 0 aromatic heterocycles. The molecule has 4 amide bonds. The van der Waals surface area contributed by atoms with Gasteiger partial charge < -0.3 is 19.9 Å². The van der Waals surface area contributed by atoms with Crippen LogP contribution in [-0.2, 0) is 25.7 Å². The summed E-state index contributed by atoms with van der Waals surface area (Å²) in [6, 6.07) is 7.04. The number of nitrogens with zero attached hydrogens (tertiary/aromatic N) is 4. The lowest BCUT2D eigenvalue weighted by atomic mass is 9.84. The van der Waals surface area contributed by atoms with Gasteiger partial charge in [0, 0.05) is 51.4 Å². The van der Waals surface area contributed by atoms with Crippen molar-refractivity contribution in [3.05, 3.63) is 35.4 Å². The molecule has 2 saturated heterocycles. The summed E-state index contributed by atoms with van der Waals surface area (Å²) in [5.41, 5.74) is 1.27. The molecule has 43 heavy (non-hydrogen) atoms. The normalized spacial score (nSPS) is 20.0. The van der Waals surface area contributed by atoms with Crippen LogP contribution in [-0.4, -0.2) is 114 Å². The van der Waals surface area contributed by atoms with E-state index in [1.54, 1.807) is 0 Å². The number of hydrogen-bond donors (Lipinski definition) is 2. The summed E-state index contributed by atoms with van der Waals surface area (Å²) in [7, 11) is 0. The zero-order valence-electron chi connectivity index (χ0n) is 26.0. The Kier molecular flexibility index (Phi) is 11.6. The van der Waals surface area contributed by atoms with Crippen molar-refractivity contribution < 1.29 is 29.1 Å². The molecule has 1 saturated carbocycles. The molecule has 2 aliphatic heterocycles. The largest absolute Gasteiger partial charge is 0.378 e. The van der Waals surface area contributed by atoms with Gasteiger partial charge in [0.25, 0.3) is 5.91 Å². The quantitative estimate of drug-likeness (QED) is 0.228. The van der Waals surface area contributed by atoms with Crippen LogP contribution in [0, 0.1) is 17.3 Å². The van der Waals surface area contributed by atoms with Gasteiger partial charge in [0.15, 0.2) is 0 Å². The van der Waals surface area contributed by atoms with Crippen molar-refractivity contribution in [1.82, 2.24) is 25.1 Å². The molecule has 2 N–H and O–H groups in total. The smallest absolute Gasteiger partial charge is 0.254 e. The highest BCUT2D eigenvalue weighted by atomic mass is 16.5. The van der Waals surface area contributed by atoms with Gasteiger partial charge in [-0.05, 0) is 35.4 Å². The number of rotatable bonds is 11. The number of hydrogen-bond acceptors (Lipinski definition) is 7. The highest BCUT2D eigenvalue weighted by molar-refractivity contribution is 5.94. The molecule has 1 aromatic rings. The summed E-state index contributed by atoms with van der Waals surface area (Å²) in [6.07, 6.45) is 5.25. The fraction of sp³-hybridized carbons (Fsp3) is 0.688. The Morgan fingerprint density at radius 3 is 2.21 bits per heavy atom. The van der Waals surface area contributed by atoms with Gasteiger partial charge in [-0.3, -0.25) is 29.3 Å². The van der Waals surface area contributed by atoms with E-state index in [0.717, 1.165) is 37.8 Å². The number of nitrogens with one attached hydrogen (secondary N) is 1. The molecular weight excluding hydrogens is 550 g/mol. The average Bonchev–Trinajstić information content (AvgIpc) is 3.52. The average molecular weight is 600 g/mol. The number of carbonyl (C=O) groups is 4. The molecule has 3 fully saturated rings. The first-order valence-corrected chi connectivity index (χ1v) is 15.7. The molecule has 4 rings (SSSR count). The van der Waals surface area contributed by atoms with Crippen molar-refractivity contribution >= 4 is 24.1 Å². The van der Waals surface area contributed by atoms with Gasteiger partial charge in [0.1, 0.15) is 6.04 Å². The Hall–Kier alpha value is -3.02. The third-order valence-corrected chi connectivity index (χ3v) is 8.98.